The van der Waals surface area contributed by atoms with Gasteiger partial charge in [-0.25, -0.2) is 0 Å². The maximum atomic E-state index is 3.54. The molecule has 1 aromatic carbocycles. The van der Waals surface area contributed by atoms with E-state index in [9.17, 15) is 0 Å². The van der Waals surface area contributed by atoms with E-state index >= 15 is 0 Å². The van der Waals surface area contributed by atoms with Crippen molar-refractivity contribution < 1.29 is 0 Å². The van der Waals surface area contributed by atoms with Gasteiger partial charge in [0, 0.05) is 11.7 Å². The van der Waals surface area contributed by atoms with Crippen molar-refractivity contribution in [3.05, 3.63) is 29.8 Å². The Hall–Kier alpha value is -0.980. The van der Waals surface area contributed by atoms with E-state index < -0.39 is 0 Å². The van der Waals surface area contributed by atoms with Crippen LogP contribution < -0.4 is 5.32 Å². The normalized spacial score (nSPS) is 16.8. The molecule has 0 atom stereocenters. The molecule has 0 saturated heterocycles. The highest BCUT2D eigenvalue weighted by atomic mass is 14.9. The Balaban J connectivity index is 1.98. The Morgan fingerprint density at radius 1 is 1.14 bits per heavy atom. The lowest BCUT2D eigenvalue weighted by molar-refractivity contribution is 0.445. The third kappa shape index (κ3) is 2.09. The van der Waals surface area contributed by atoms with Gasteiger partial charge in [0.2, 0.25) is 0 Å². The van der Waals surface area contributed by atoms with Crippen LogP contribution in [-0.2, 0) is 0 Å². The molecule has 1 saturated carbocycles. The molecule has 1 N–H and O–H groups in total. The molecule has 0 aliphatic heterocycles. The summed E-state index contributed by atoms with van der Waals surface area (Å²) in [5.74, 6) is 0.632. The molecule has 1 aliphatic rings. The van der Waals surface area contributed by atoms with Gasteiger partial charge in [-0.3, -0.25) is 0 Å². The highest BCUT2D eigenvalue weighted by Crippen LogP contribution is 2.24. The standard InChI is InChI=1S/C13H19N/c1-10(2)11-6-8-13(9-7-11)14-12-4-3-5-12/h6-10,12,14H,3-5H2,1-2H3. The van der Waals surface area contributed by atoms with Gasteiger partial charge in [-0.05, 0) is 42.9 Å². The van der Waals surface area contributed by atoms with Crippen molar-refractivity contribution in [2.75, 3.05) is 5.32 Å². The Morgan fingerprint density at radius 2 is 1.79 bits per heavy atom. The Labute approximate surface area is 86.5 Å². The van der Waals surface area contributed by atoms with Gasteiger partial charge < -0.3 is 5.32 Å². The van der Waals surface area contributed by atoms with E-state index in [-0.39, 0.29) is 0 Å². The molecule has 0 bridgehead atoms. The van der Waals surface area contributed by atoms with Crippen LogP contribution in [0, 0.1) is 0 Å². The first-order chi connectivity index (χ1) is 6.75. The monoisotopic (exact) mass is 189 g/mol. The molecule has 0 unspecified atom stereocenters. The van der Waals surface area contributed by atoms with Gasteiger partial charge in [0.05, 0.1) is 0 Å². The SMILES string of the molecule is CC(C)c1ccc(NC2CCC2)cc1. The van der Waals surface area contributed by atoms with Gasteiger partial charge in [-0.1, -0.05) is 26.0 Å². The molecule has 1 heteroatoms. The van der Waals surface area contributed by atoms with Gasteiger partial charge in [0.1, 0.15) is 0 Å². The quantitative estimate of drug-likeness (QED) is 0.763. The van der Waals surface area contributed by atoms with Crippen molar-refractivity contribution in [3.63, 3.8) is 0 Å². The van der Waals surface area contributed by atoms with Gasteiger partial charge in [-0.2, -0.15) is 0 Å². The lowest BCUT2D eigenvalue weighted by atomic mass is 9.93. The molecule has 2 rings (SSSR count). The summed E-state index contributed by atoms with van der Waals surface area (Å²) in [6.07, 6.45) is 4.07. The van der Waals surface area contributed by atoms with Crippen LogP contribution in [0.1, 0.15) is 44.6 Å². The molecular weight excluding hydrogens is 170 g/mol. The first kappa shape index (κ1) is 9.57. The Morgan fingerprint density at radius 3 is 2.21 bits per heavy atom. The van der Waals surface area contributed by atoms with E-state index in [1.165, 1.54) is 30.5 Å². The van der Waals surface area contributed by atoms with E-state index in [1.807, 2.05) is 0 Å². The summed E-state index contributed by atoms with van der Waals surface area (Å²) in [6.45, 7) is 4.46. The lowest BCUT2D eigenvalue weighted by Gasteiger charge is -2.27. The molecule has 0 aromatic heterocycles. The fourth-order valence-electron chi connectivity index (χ4n) is 1.75. The molecule has 76 valence electrons. The second kappa shape index (κ2) is 4.04. The molecule has 0 spiro atoms. The van der Waals surface area contributed by atoms with E-state index in [0.29, 0.717) is 5.92 Å². The molecule has 0 heterocycles. The van der Waals surface area contributed by atoms with Crippen LogP contribution in [0.3, 0.4) is 0 Å². The van der Waals surface area contributed by atoms with Crippen LogP contribution >= 0.6 is 0 Å². The Kier molecular flexibility index (Phi) is 2.76. The van der Waals surface area contributed by atoms with E-state index in [0.717, 1.165) is 6.04 Å². The third-order valence-corrected chi connectivity index (χ3v) is 3.05. The maximum Gasteiger partial charge on any atom is 0.0342 e. The number of nitrogens with one attached hydrogen (secondary N) is 1. The summed E-state index contributed by atoms with van der Waals surface area (Å²) < 4.78 is 0. The summed E-state index contributed by atoms with van der Waals surface area (Å²) in [4.78, 5) is 0. The Bertz CT molecular complexity index is 283. The minimum absolute atomic E-state index is 0.632. The predicted octanol–water partition coefficient (Wildman–Crippen LogP) is 3.77. The number of hydrogen-bond donors (Lipinski definition) is 1. The number of rotatable bonds is 3. The zero-order chi connectivity index (χ0) is 9.97. The topological polar surface area (TPSA) is 12.0 Å². The fourth-order valence-corrected chi connectivity index (χ4v) is 1.75. The lowest BCUT2D eigenvalue weighted by Crippen LogP contribution is -2.26. The second-order valence-corrected chi connectivity index (χ2v) is 4.55. The molecular formula is C13H19N. The van der Waals surface area contributed by atoms with Crippen LogP contribution in [0.5, 0.6) is 0 Å². The highest BCUT2D eigenvalue weighted by Gasteiger charge is 2.16. The van der Waals surface area contributed by atoms with Crippen LogP contribution in [0.4, 0.5) is 5.69 Å². The molecule has 1 fully saturated rings. The van der Waals surface area contributed by atoms with Crippen molar-refractivity contribution in [2.45, 2.75) is 45.1 Å². The van der Waals surface area contributed by atoms with E-state index in [4.69, 9.17) is 0 Å². The van der Waals surface area contributed by atoms with Crippen molar-refractivity contribution in [1.82, 2.24) is 0 Å². The van der Waals surface area contributed by atoms with Gasteiger partial charge in [0.25, 0.3) is 0 Å². The molecule has 14 heavy (non-hydrogen) atoms. The van der Waals surface area contributed by atoms with Crippen LogP contribution in [0.25, 0.3) is 0 Å². The average Bonchev–Trinajstić information content (AvgIpc) is 2.12. The van der Waals surface area contributed by atoms with Gasteiger partial charge in [0.15, 0.2) is 0 Å². The average molecular weight is 189 g/mol. The van der Waals surface area contributed by atoms with Crippen molar-refractivity contribution in [1.29, 1.82) is 0 Å². The maximum absolute atomic E-state index is 3.54. The number of benzene rings is 1. The number of hydrogen-bond acceptors (Lipinski definition) is 1. The molecule has 1 aliphatic carbocycles. The molecule has 1 nitrogen and oxygen atoms in total. The van der Waals surface area contributed by atoms with Crippen molar-refractivity contribution in [2.24, 2.45) is 0 Å². The largest absolute Gasteiger partial charge is 0.382 e. The summed E-state index contributed by atoms with van der Waals surface area (Å²) in [5, 5.41) is 3.54. The summed E-state index contributed by atoms with van der Waals surface area (Å²) in [6, 6.07) is 9.60. The predicted molar refractivity (Wildman–Crippen MR) is 61.8 cm³/mol. The van der Waals surface area contributed by atoms with E-state index in [2.05, 4.69) is 43.4 Å². The summed E-state index contributed by atoms with van der Waals surface area (Å²) >= 11 is 0. The minimum Gasteiger partial charge on any atom is -0.382 e. The smallest absolute Gasteiger partial charge is 0.0342 e. The number of anilines is 1. The van der Waals surface area contributed by atoms with Crippen LogP contribution in [0.15, 0.2) is 24.3 Å². The van der Waals surface area contributed by atoms with Crippen molar-refractivity contribution >= 4 is 5.69 Å². The molecule has 0 radical (unpaired) electrons. The van der Waals surface area contributed by atoms with Gasteiger partial charge in [-0.15, -0.1) is 0 Å². The van der Waals surface area contributed by atoms with Gasteiger partial charge >= 0.3 is 0 Å². The van der Waals surface area contributed by atoms with E-state index in [1.54, 1.807) is 0 Å². The van der Waals surface area contributed by atoms with Crippen molar-refractivity contribution in [3.8, 4) is 0 Å². The molecule has 1 aromatic rings. The third-order valence-electron chi connectivity index (χ3n) is 3.05. The fraction of sp³-hybridized carbons (Fsp3) is 0.538. The minimum atomic E-state index is 0.632. The summed E-state index contributed by atoms with van der Waals surface area (Å²) in [7, 11) is 0. The highest BCUT2D eigenvalue weighted by molar-refractivity contribution is 5.46. The second-order valence-electron chi connectivity index (χ2n) is 4.55. The zero-order valence-corrected chi connectivity index (χ0v) is 9.09. The first-order valence-electron chi connectivity index (χ1n) is 5.62. The first-order valence-corrected chi connectivity index (χ1v) is 5.62. The summed E-state index contributed by atoms with van der Waals surface area (Å²) in [5.41, 5.74) is 2.70. The zero-order valence-electron chi connectivity index (χ0n) is 9.09. The van der Waals surface area contributed by atoms with Crippen LogP contribution in [-0.4, -0.2) is 6.04 Å². The van der Waals surface area contributed by atoms with Crippen LogP contribution in [0.2, 0.25) is 0 Å². The molecule has 0 amide bonds.